The smallest absolute Gasteiger partial charge is 0.338 e. The van der Waals surface area contributed by atoms with Gasteiger partial charge in [0.1, 0.15) is 6.04 Å². The second kappa shape index (κ2) is 7.49. The van der Waals surface area contributed by atoms with Crippen molar-refractivity contribution in [2.45, 2.75) is 26.8 Å². The molecular weight excluding hydrogens is 296 g/mol. The number of benzene rings is 1. The molecule has 118 valence electrons. The Balaban J connectivity index is 2.49. The molecule has 1 aromatic carbocycles. The molecule has 1 aliphatic heterocycles. The molecule has 0 unspecified atom stereocenters. The van der Waals surface area contributed by atoms with Crippen molar-refractivity contribution in [2.75, 3.05) is 19.4 Å². The Morgan fingerprint density at radius 2 is 2.00 bits per heavy atom. The minimum absolute atomic E-state index is 0.287. The summed E-state index contributed by atoms with van der Waals surface area (Å²) in [6.45, 7) is 6.23. The molecule has 2 rings (SSSR count). The highest BCUT2D eigenvalue weighted by molar-refractivity contribution is 8.13. The van der Waals surface area contributed by atoms with Crippen molar-refractivity contribution in [1.29, 1.82) is 0 Å². The number of esters is 1. The molecule has 1 aromatic rings. The van der Waals surface area contributed by atoms with E-state index in [9.17, 15) is 4.79 Å². The molecule has 22 heavy (non-hydrogen) atoms. The van der Waals surface area contributed by atoms with Gasteiger partial charge in [-0.15, -0.1) is 0 Å². The maximum Gasteiger partial charge on any atom is 0.338 e. The highest BCUT2D eigenvalue weighted by atomic mass is 32.2. The molecule has 1 aliphatic rings. The summed E-state index contributed by atoms with van der Waals surface area (Å²) in [4.78, 5) is 19.2. The lowest BCUT2D eigenvalue weighted by atomic mass is 9.96. The fraction of sp³-hybridized carbons (Fsp3) is 0.412. The Hall–Kier alpha value is -1.75. The zero-order valence-electron chi connectivity index (χ0n) is 13.5. The third-order valence-corrected chi connectivity index (χ3v) is 4.50. The summed E-state index contributed by atoms with van der Waals surface area (Å²) in [5, 5.41) is 0.932. The number of nitrogens with zero attached hydrogens (tertiary/aromatic N) is 2. The number of ether oxygens (including phenoxy) is 1. The molecule has 0 radical (unpaired) electrons. The van der Waals surface area contributed by atoms with Gasteiger partial charge in [0.2, 0.25) is 0 Å². The van der Waals surface area contributed by atoms with Crippen LogP contribution in [0.5, 0.6) is 0 Å². The Morgan fingerprint density at radius 3 is 2.59 bits per heavy atom. The second-order valence-electron chi connectivity index (χ2n) is 4.94. The predicted molar refractivity (Wildman–Crippen MR) is 91.8 cm³/mol. The minimum Gasteiger partial charge on any atom is -0.463 e. The molecular formula is C17H22N2O2S. The summed E-state index contributed by atoms with van der Waals surface area (Å²) < 4.78 is 5.25. The van der Waals surface area contributed by atoms with Gasteiger partial charge in [-0.1, -0.05) is 49.0 Å². The van der Waals surface area contributed by atoms with E-state index in [1.54, 1.807) is 11.8 Å². The monoisotopic (exact) mass is 318 g/mol. The second-order valence-corrected chi connectivity index (χ2v) is 6.17. The van der Waals surface area contributed by atoms with Gasteiger partial charge in [0.15, 0.2) is 5.17 Å². The van der Waals surface area contributed by atoms with Gasteiger partial charge in [-0.3, -0.25) is 0 Å². The summed E-state index contributed by atoms with van der Waals surface area (Å²) in [6, 6.07) is 9.60. The number of carbonyl (C=O) groups is 1. The van der Waals surface area contributed by atoms with E-state index in [1.807, 2.05) is 56.1 Å². The van der Waals surface area contributed by atoms with Crippen LogP contribution in [0.15, 0.2) is 46.6 Å². The van der Waals surface area contributed by atoms with E-state index in [0.717, 1.165) is 22.2 Å². The number of aliphatic imine (C=N–C) groups is 1. The van der Waals surface area contributed by atoms with Gasteiger partial charge in [0.25, 0.3) is 0 Å². The fourth-order valence-corrected chi connectivity index (χ4v) is 3.16. The highest BCUT2D eigenvalue weighted by Crippen LogP contribution is 2.35. The fourth-order valence-electron chi connectivity index (χ4n) is 2.39. The molecule has 0 saturated heterocycles. The van der Waals surface area contributed by atoms with E-state index in [4.69, 9.17) is 9.73 Å². The normalized spacial score (nSPS) is 18.3. The van der Waals surface area contributed by atoms with E-state index < -0.39 is 0 Å². The van der Waals surface area contributed by atoms with E-state index in [2.05, 4.69) is 6.92 Å². The maximum atomic E-state index is 12.4. The number of rotatable bonds is 4. The largest absolute Gasteiger partial charge is 0.463 e. The number of hydrogen-bond donors (Lipinski definition) is 0. The van der Waals surface area contributed by atoms with Crippen molar-refractivity contribution in [2.24, 2.45) is 4.99 Å². The van der Waals surface area contributed by atoms with Crippen LogP contribution in [0.2, 0.25) is 0 Å². The van der Waals surface area contributed by atoms with Crippen LogP contribution in [0.3, 0.4) is 0 Å². The van der Waals surface area contributed by atoms with Crippen molar-refractivity contribution >= 4 is 22.9 Å². The Morgan fingerprint density at radius 1 is 1.32 bits per heavy atom. The van der Waals surface area contributed by atoms with Gasteiger partial charge in [0.05, 0.1) is 12.2 Å². The van der Waals surface area contributed by atoms with Crippen LogP contribution in [0.1, 0.15) is 32.4 Å². The molecule has 5 heteroatoms. The summed E-state index contributed by atoms with van der Waals surface area (Å²) in [5.74, 6) is 0.650. The molecule has 0 bridgehead atoms. The molecule has 1 atom stereocenters. The first-order chi connectivity index (χ1) is 10.6. The molecule has 0 spiro atoms. The van der Waals surface area contributed by atoms with Crippen molar-refractivity contribution in [3.63, 3.8) is 0 Å². The predicted octanol–water partition coefficient (Wildman–Crippen LogP) is 3.62. The van der Waals surface area contributed by atoms with Crippen molar-refractivity contribution < 1.29 is 9.53 Å². The van der Waals surface area contributed by atoms with Crippen LogP contribution < -0.4 is 0 Å². The standard InChI is InChI=1S/C17H22N2O2S/c1-5-21-16(20)14-12(3)19(4)17(22-6-2)18-15(14)13-10-8-7-9-11-13/h7-11,15H,5-6H2,1-4H3/t15-/m1/s1. The number of allylic oxidation sites excluding steroid dienone is 1. The molecule has 0 aliphatic carbocycles. The topological polar surface area (TPSA) is 41.9 Å². The van der Waals surface area contributed by atoms with Crippen LogP contribution in [0.4, 0.5) is 0 Å². The molecule has 0 amide bonds. The van der Waals surface area contributed by atoms with Crippen LogP contribution in [-0.2, 0) is 9.53 Å². The Bertz CT molecular complexity index is 596. The van der Waals surface area contributed by atoms with Crippen LogP contribution in [-0.4, -0.2) is 35.4 Å². The number of thioether (sulfide) groups is 1. The summed E-state index contributed by atoms with van der Waals surface area (Å²) in [7, 11) is 1.94. The summed E-state index contributed by atoms with van der Waals surface area (Å²) >= 11 is 1.68. The maximum absolute atomic E-state index is 12.4. The van der Waals surface area contributed by atoms with E-state index in [-0.39, 0.29) is 12.0 Å². The lowest BCUT2D eigenvalue weighted by Crippen LogP contribution is -2.32. The average Bonchev–Trinajstić information content (AvgIpc) is 2.52. The van der Waals surface area contributed by atoms with Gasteiger partial charge in [-0.05, 0) is 25.2 Å². The third-order valence-electron chi connectivity index (χ3n) is 3.58. The zero-order valence-corrected chi connectivity index (χ0v) is 14.3. The molecule has 0 N–H and O–H groups in total. The van der Waals surface area contributed by atoms with Gasteiger partial charge in [-0.25, -0.2) is 9.79 Å². The first-order valence-electron chi connectivity index (χ1n) is 7.47. The Labute approximate surface area is 136 Å². The molecule has 0 saturated carbocycles. The first kappa shape index (κ1) is 16.6. The third kappa shape index (κ3) is 3.35. The SMILES string of the molecule is CCOC(=O)C1=C(C)N(C)C(SCC)=N[C@@H]1c1ccccc1. The van der Waals surface area contributed by atoms with Gasteiger partial charge in [-0.2, -0.15) is 0 Å². The Kier molecular flexibility index (Phi) is 5.66. The quantitative estimate of drug-likeness (QED) is 0.795. The van der Waals surface area contributed by atoms with Gasteiger partial charge < -0.3 is 9.64 Å². The van der Waals surface area contributed by atoms with Crippen LogP contribution in [0, 0.1) is 0 Å². The highest BCUT2D eigenvalue weighted by Gasteiger charge is 2.32. The van der Waals surface area contributed by atoms with E-state index >= 15 is 0 Å². The minimum atomic E-state index is -0.300. The van der Waals surface area contributed by atoms with Crippen LogP contribution in [0.25, 0.3) is 0 Å². The van der Waals surface area contributed by atoms with E-state index in [1.165, 1.54) is 0 Å². The molecule has 1 heterocycles. The van der Waals surface area contributed by atoms with Crippen LogP contribution >= 0.6 is 11.8 Å². The zero-order chi connectivity index (χ0) is 16.1. The van der Waals surface area contributed by atoms with Crippen molar-refractivity contribution in [3.05, 3.63) is 47.2 Å². The van der Waals surface area contributed by atoms with Crippen molar-refractivity contribution in [3.8, 4) is 0 Å². The lowest BCUT2D eigenvalue weighted by Gasteiger charge is -2.31. The van der Waals surface area contributed by atoms with E-state index in [0.29, 0.717) is 12.2 Å². The van der Waals surface area contributed by atoms with Crippen molar-refractivity contribution in [1.82, 2.24) is 4.90 Å². The average molecular weight is 318 g/mol. The number of amidine groups is 1. The van der Waals surface area contributed by atoms with Gasteiger partial charge >= 0.3 is 5.97 Å². The molecule has 4 nitrogen and oxygen atoms in total. The summed E-state index contributed by atoms with van der Waals surface area (Å²) in [5.41, 5.74) is 2.53. The lowest BCUT2D eigenvalue weighted by molar-refractivity contribution is -0.139. The molecule has 0 fully saturated rings. The molecule has 0 aromatic heterocycles. The summed E-state index contributed by atoms with van der Waals surface area (Å²) in [6.07, 6.45) is 0. The number of hydrogen-bond acceptors (Lipinski definition) is 5. The first-order valence-corrected chi connectivity index (χ1v) is 8.45. The number of carbonyl (C=O) groups excluding carboxylic acids is 1. The van der Waals surface area contributed by atoms with Gasteiger partial charge in [0, 0.05) is 12.7 Å².